The quantitative estimate of drug-likeness (QED) is 0.373. The van der Waals surface area contributed by atoms with Crippen LogP contribution < -0.4 is 0 Å². The van der Waals surface area contributed by atoms with E-state index in [9.17, 15) is 4.79 Å². The zero-order valence-electron chi connectivity index (χ0n) is 14.8. The molecule has 0 radical (unpaired) electrons. The standard InChI is InChI=1S/C21H16N4O2S/c26-20-19(12-16-6-2-1-3-7-16)28-21(25(20)15-18-9-5-11-27-18)24-23-14-17-8-4-10-22-13-17/h1-14H,15H2/b19-12-,23-14+,24-21+. The molecule has 7 heteroatoms. The second-order valence-corrected chi connectivity index (χ2v) is 6.91. The van der Waals surface area contributed by atoms with Gasteiger partial charge in [-0.15, -0.1) is 5.10 Å². The highest BCUT2D eigenvalue weighted by molar-refractivity contribution is 8.18. The first-order valence-corrected chi connectivity index (χ1v) is 9.41. The van der Waals surface area contributed by atoms with Crippen LogP contribution in [0.3, 0.4) is 0 Å². The summed E-state index contributed by atoms with van der Waals surface area (Å²) in [6.45, 7) is 0.298. The van der Waals surface area contributed by atoms with E-state index in [1.54, 1.807) is 35.8 Å². The summed E-state index contributed by atoms with van der Waals surface area (Å²) in [5.74, 6) is 0.555. The summed E-state index contributed by atoms with van der Waals surface area (Å²) in [7, 11) is 0. The molecule has 0 saturated carbocycles. The highest BCUT2D eigenvalue weighted by Crippen LogP contribution is 2.33. The predicted octanol–water partition coefficient (Wildman–Crippen LogP) is 4.18. The summed E-state index contributed by atoms with van der Waals surface area (Å²) in [6, 6.07) is 17.0. The number of furan rings is 1. The third-order valence-electron chi connectivity index (χ3n) is 3.91. The van der Waals surface area contributed by atoms with Crippen LogP contribution in [-0.4, -0.2) is 27.2 Å². The van der Waals surface area contributed by atoms with Crippen LogP contribution in [0.5, 0.6) is 0 Å². The van der Waals surface area contributed by atoms with Crippen molar-refractivity contribution < 1.29 is 9.21 Å². The van der Waals surface area contributed by atoms with E-state index >= 15 is 0 Å². The van der Waals surface area contributed by atoms with E-state index in [0.717, 1.165) is 11.1 Å². The zero-order chi connectivity index (χ0) is 19.2. The van der Waals surface area contributed by atoms with Crippen molar-refractivity contribution in [3.05, 3.63) is 95.0 Å². The molecular formula is C21H16N4O2S. The van der Waals surface area contributed by atoms with Crippen LogP contribution in [0.25, 0.3) is 6.08 Å². The van der Waals surface area contributed by atoms with Crippen molar-refractivity contribution in [2.75, 3.05) is 0 Å². The molecule has 1 amide bonds. The second kappa shape index (κ2) is 8.49. The maximum Gasteiger partial charge on any atom is 0.267 e. The van der Waals surface area contributed by atoms with E-state index in [-0.39, 0.29) is 5.91 Å². The Hall–Kier alpha value is -3.45. The zero-order valence-corrected chi connectivity index (χ0v) is 15.6. The number of hydrogen-bond donors (Lipinski definition) is 0. The van der Waals surface area contributed by atoms with Crippen LogP contribution in [-0.2, 0) is 11.3 Å². The van der Waals surface area contributed by atoms with E-state index in [4.69, 9.17) is 4.42 Å². The number of pyridine rings is 1. The summed E-state index contributed by atoms with van der Waals surface area (Å²) < 4.78 is 5.40. The lowest BCUT2D eigenvalue weighted by atomic mass is 10.2. The van der Waals surface area contributed by atoms with Gasteiger partial charge in [0.15, 0.2) is 5.17 Å². The van der Waals surface area contributed by atoms with Gasteiger partial charge in [-0.2, -0.15) is 5.10 Å². The summed E-state index contributed by atoms with van der Waals surface area (Å²) in [6.07, 6.45) is 8.43. The molecule has 1 aliphatic heterocycles. The number of carbonyl (C=O) groups excluding carboxylic acids is 1. The van der Waals surface area contributed by atoms with Crippen LogP contribution >= 0.6 is 11.8 Å². The molecule has 0 N–H and O–H groups in total. The third-order valence-corrected chi connectivity index (χ3v) is 4.91. The Morgan fingerprint density at radius 1 is 1.07 bits per heavy atom. The number of rotatable bonds is 5. The first kappa shape index (κ1) is 17.9. The molecule has 1 saturated heterocycles. The molecule has 6 nitrogen and oxygen atoms in total. The molecule has 3 heterocycles. The van der Waals surface area contributed by atoms with Gasteiger partial charge in [0.2, 0.25) is 0 Å². The van der Waals surface area contributed by atoms with E-state index < -0.39 is 0 Å². The number of thioether (sulfide) groups is 1. The molecule has 138 valence electrons. The minimum absolute atomic E-state index is 0.124. The summed E-state index contributed by atoms with van der Waals surface area (Å²) in [5.41, 5.74) is 1.79. The molecule has 2 aromatic heterocycles. The summed E-state index contributed by atoms with van der Waals surface area (Å²) in [5, 5.41) is 8.90. The molecule has 4 rings (SSSR count). The fourth-order valence-electron chi connectivity index (χ4n) is 2.58. The van der Waals surface area contributed by atoms with Crippen molar-refractivity contribution in [3.63, 3.8) is 0 Å². The van der Waals surface area contributed by atoms with Crippen LogP contribution in [0.15, 0.2) is 92.8 Å². The second-order valence-electron chi connectivity index (χ2n) is 5.91. The van der Waals surface area contributed by atoms with E-state index in [2.05, 4.69) is 15.2 Å². The van der Waals surface area contributed by atoms with Crippen molar-refractivity contribution in [1.82, 2.24) is 9.88 Å². The smallest absolute Gasteiger partial charge is 0.267 e. The fourth-order valence-corrected chi connectivity index (χ4v) is 3.51. The monoisotopic (exact) mass is 388 g/mol. The fraction of sp³-hybridized carbons (Fsp3) is 0.0476. The molecule has 0 unspecified atom stereocenters. The number of aromatic nitrogens is 1. The Morgan fingerprint density at radius 2 is 1.93 bits per heavy atom. The average Bonchev–Trinajstić information content (AvgIpc) is 3.34. The van der Waals surface area contributed by atoms with Crippen molar-refractivity contribution in [2.45, 2.75) is 6.54 Å². The predicted molar refractivity (Wildman–Crippen MR) is 111 cm³/mol. The van der Waals surface area contributed by atoms with Gasteiger partial charge >= 0.3 is 0 Å². The van der Waals surface area contributed by atoms with Gasteiger partial charge in [-0.1, -0.05) is 36.4 Å². The largest absolute Gasteiger partial charge is 0.467 e. The number of nitrogens with zero attached hydrogens (tertiary/aromatic N) is 4. The van der Waals surface area contributed by atoms with E-state index in [1.807, 2.05) is 54.6 Å². The molecule has 28 heavy (non-hydrogen) atoms. The minimum atomic E-state index is -0.124. The normalized spacial score (nSPS) is 17.3. The van der Waals surface area contributed by atoms with Gasteiger partial charge in [-0.3, -0.25) is 14.7 Å². The maximum atomic E-state index is 12.9. The van der Waals surface area contributed by atoms with Crippen molar-refractivity contribution in [3.8, 4) is 0 Å². The first-order valence-electron chi connectivity index (χ1n) is 8.59. The molecule has 0 atom stereocenters. The SMILES string of the molecule is O=C1/C(=C/c2ccccc2)S/C(=N/N=C/c2cccnc2)N1Cc1ccco1. The van der Waals surface area contributed by atoms with Crippen LogP contribution in [0.2, 0.25) is 0 Å². The van der Waals surface area contributed by atoms with Gasteiger partial charge in [0.1, 0.15) is 5.76 Å². The topological polar surface area (TPSA) is 71.1 Å². The number of carbonyl (C=O) groups is 1. The highest BCUT2D eigenvalue weighted by Gasteiger charge is 2.34. The lowest BCUT2D eigenvalue weighted by Gasteiger charge is -2.12. The molecule has 0 spiro atoms. The van der Waals surface area contributed by atoms with Crippen LogP contribution in [0.4, 0.5) is 0 Å². The van der Waals surface area contributed by atoms with Crippen molar-refractivity contribution >= 4 is 35.1 Å². The average molecular weight is 388 g/mol. The highest BCUT2D eigenvalue weighted by atomic mass is 32.2. The van der Waals surface area contributed by atoms with E-state index in [1.165, 1.54) is 11.8 Å². The molecule has 1 fully saturated rings. The minimum Gasteiger partial charge on any atom is -0.467 e. The van der Waals surface area contributed by atoms with Crippen molar-refractivity contribution in [2.24, 2.45) is 10.2 Å². The van der Waals surface area contributed by atoms with Gasteiger partial charge < -0.3 is 4.42 Å². The maximum absolute atomic E-state index is 12.9. The van der Waals surface area contributed by atoms with Gasteiger partial charge in [0.25, 0.3) is 5.91 Å². The Labute approximate surface area is 166 Å². The number of amidine groups is 1. The van der Waals surface area contributed by atoms with Gasteiger partial charge in [0, 0.05) is 18.0 Å². The van der Waals surface area contributed by atoms with Gasteiger partial charge in [-0.05, 0) is 41.6 Å². The van der Waals surface area contributed by atoms with Crippen LogP contribution in [0, 0.1) is 0 Å². The summed E-state index contributed by atoms with van der Waals surface area (Å²) in [4.78, 5) is 19.1. The van der Waals surface area contributed by atoms with E-state index in [0.29, 0.717) is 22.4 Å². The van der Waals surface area contributed by atoms with Gasteiger partial charge in [-0.25, -0.2) is 0 Å². The Morgan fingerprint density at radius 3 is 2.68 bits per heavy atom. The number of benzene rings is 1. The third kappa shape index (κ3) is 4.27. The van der Waals surface area contributed by atoms with Crippen LogP contribution in [0.1, 0.15) is 16.9 Å². The first-order chi connectivity index (χ1) is 13.8. The molecule has 1 aromatic carbocycles. The Kier molecular flexibility index (Phi) is 5.44. The molecule has 3 aromatic rings. The summed E-state index contributed by atoms with van der Waals surface area (Å²) >= 11 is 1.30. The molecule has 0 bridgehead atoms. The lowest BCUT2D eigenvalue weighted by molar-refractivity contribution is -0.122. The number of amides is 1. The molecule has 1 aliphatic rings. The molecular weight excluding hydrogens is 372 g/mol. The Bertz CT molecular complexity index is 1030. The van der Waals surface area contributed by atoms with Crippen molar-refractivity contribution in [1.29, 1.82) is 0 Å². The Balaban J connectivity index is 1.61. The number of hydrogen-bond acceptors (Lipinski definition) is 6. The van der Waals surface area contributed by atoms with Gasteiger partial charge in [0.05, 0.1) is 23.9 Å². The molecule has 0 aliphatic carbocycles. The lowest BCUT2D eigenvalue weighted by Crippen LogP contribution is -2.28.